The highest BCUT2D eigenvalue weighted by molar-refractivity contribution is 5.95. The van der Waals surface area contributed by atoms with Crippen LogP contribution in [-0.2, 0) is 4.79 Å². The van der Waals surface area contributed by atoms with E-state index in [0.29, 0.717) is 25.6 Å². The van der Waals surface area contributed by atoms with Crippen LogP contribution in [0.3, 0.4) is 0 Å². The Hall–Kier alpha value is -1.40. The van der Waals surface area contributed by atoms with Crippen molar-refractivity contribution in [1.29, 1.82) is 0 Å². The van der Waals surface area contributed by atoms with Crippen molar-refractivity contribution in [1.82, 2.24) is 15.5 Å². The quantitative estimate of drug-likeness (QED) is 0.574. The van der Waals surface area contributed by atoms with Gasteiger partial charge in [-0.05, 0) is 18.8 Å². The Balaban J connectivity index is 1.63. The first kappa shape index (κ1) is 13.0. The van der Waals surface area contributed by atoms with Crippen molar-refractivity contribution in [2.45, 2.75) is 18.4 Å². The number of nitrogens with one attached hydrogen (secondary N) is 2. The first-order valence-corrected chi connectivity index (χ1v) is 6.17. The molecule has 1 aliphatic carbocycles. The standard InChI is InChI=1S/C12H19N3O3/c1-2-5-13-11(17)14-10(16)6-15-7-12(18,8-15)9-3-4-9/h2,9,18H,1,3-8H2,(H2,13,14,16,17). The molecule has 2 rings (SSSR count). The number of carbonyl (C=O) groups is 2. The summed E-state index contributed by atoms with van der Waals surface area (Å²) in [6.45, 7) is 4.98. The van der Waals surface area contributed by atoms with Gasteiger partial charge in [0.15, 0.2) is 0 Å². The van der Waals surface area contributed by atoms with E-state index in [1.54, 1.807) is 0 Å². The molecule has 0 spiro atoms. The molecule has 1 aliphatic heterocycles. The van der Waals surface area contributed by atoms with Gasteiger partial charge in [0, 0.05) is 19.6 Å². The van der Waals surface area contributed by atoms with Crippen molar-refractivity contribution >= 4 is 11.9 Å². The number of likely N-dealkylation sites (tertiary alicyclic amines) is 1. The van der Waals surface area contributed by atoms with E-state index in [4.69, 9.17) is 0 Å². The van der Waals surface area contributed by atoms with Crippen molar-refractivity contribution in [2.24, 2.45) is 5.92 Å². The predicted molar refractivity (Wildman–Crippen MR) is 65.9 cm³/mol. The smallest absolute Gasteiger partial charge is 0.321 e. The van der Waals surface area contributed by atoms with E-state index >= 15 is 0 Å². The minimum absolute atomic E-state index is 0.149. The predicted octanol–water partition coefficient (Wildman–Crippen LogP) is -0.545. The molecule has 0 bridgehead atoms. The molecule has 100 valence electrons. The maximum atomic E-state index is 11.5. The van der Waals surface area contributed by atoms with E-state index in [9.17, 15) is 14.7 Å². The fraction of sp³-hybridized carbons (Fsp3) is 0.667. The minimum atomic E-state index is -0.592. The SMILES string of the molecule is C=CCNC(=O)NC(=O)CN1CC(O)(C2CC2)C1. The number of carbonyl (C=O) groups excluding carboxylic acids is 2. The molecule has 0 atom stereocenters. The van der Waals surface area contributed by atoms with Crippen LogP contribution in [0.1, 0.15) is 12.8 Å². The second kappa shape index (κ2) is 5.07. The van der Waals surface area contributed by atoms with Gasteiger partial charge in [0.05, 0.1) is 12.1 Å². The summed E-state index contributed by atoms with van der Waals surface area (Å²) in [5.41, 5.74) is -0.592. The largest absolute Gasteiger partial charge is 0.387 e. The fourth-order valence-corrected chi connectivity index (χ4v) is 2.30. The van der Waals surface area contributed by atoms with Crippen LogP contribution in [-0.4, -0.2) is 53.7 Å². The summed E-state index contributed by atoms with van der Waals surface area (Å²) in [5.74, 6) is 0.0575. The summed E-state index contributed by atoms with van der Waals surface area (Å²) in [6.07, 6.45) is 3.70. The zero-order chi connectivity index (χ0) is 13.2. The Bertz CT molecular complexity index is 360. The highest BCUT2D eigenvalue weighted by atomic mass is 16.3. The second-order valence-electron chi connectivity index (χ2n) is 5.07. The lowest BCUT2D eigenvalue weighted by Crippen LogP contribution is -2.64. The summed E-state index contributed by atoms with van der Waals surface area (Å²) in [7, 11) is 0. The van der Waals surface area contributed by atoms with Crippen molar-refractivity contribution in [2.75, 3.05) is 26.2 Å². The number of hydrogen-bond acceptors (Lipinski definition) is 4. The summed E-state index contributed by atoms with van der Waals surface area (Å²) in [6, 6.07) is -0.516. The normalized spacial score (nSPS) is 21.8. The molecule has 2 aliphatic rings. The van der Waals surface area contributed by atoms with Gasteiger partial charge in [-0.2, -0.15) is 0 Å². The number of imide groups is 1. The number of hydrogen-bond donors (Lipinski definition) is 3. The van der Waals surface area contributed by atoms with Crippen LogP contribution >= 0.6 is 0 Å². The van der Waals surface area contributed by atoms with Gasteiger partial charge in [-0.1, -0.05) is 6.08 Å². The Morgan fingerprint density at radius 1 is 1.44 bits per heavy atom. The van der Waals surface area contributed by atoms with E-state index in [1.165, 1.54) is 6.08 Å². The molecule has 3 amide bonds. The maximum absolute atomic E-state index is 11.5. The van der Waals surface area contributed by atoms with Crippen LogP contribution < -0.4 is 10.6 Å². The van der Waals surface area contributed by atoms with Gasteiger partial charge in [0.1, 0.15) is 0 Å². The average molecular weight is 253 g/mol. The number of urea groups is 1. The molecule has 6 heteroatoms. The number of nitrogens with zero attached hydrogens (tertiary/aromatic N) is 1. The zero-order valence-electron chi connectivity index (χ0n) is 10.3. The van der Waals surface area contributed by atoms with Crippen LogP contribution in [0.5, 0.6) is 0 Å². The lowest BCUT2D eigenvalue weighted by molar-refractivity contribution is -0.135. The molecule has 1 saturated heterocycles. The summed E-state index contributed by atoms with van der Waals surface area (Å²) in [5, 5.41) is 14.8. The minimum Gasteiger partial charge on any atom is -0.387 e. The van der Waals surface area contributed by atoms with Crippen LogP contribution in [0.2, 0.25) is 0 Å². The van der Waals surface area contributed by atoms with Crippen molar-refractivity contribution < 1.29 is 14.7 Å². The molecular formula is C12H19N3O3. The molecule has 0 aromatic carbocycles. The van der Waals surface area contributed by atoms with E-state index in [2.05, 4.69) is 17.2 Å². The van der Waals surface area contributed by atoms with Crippen LogP contribution in [0.4, 0.5) is 4.79 Å². The highest BCUT2D eigenvalue weighted by Gasteiger charge is 2.51. The molecule has 0 aromatic heterocycles. The molecule has 6 nitrogen and oxygen atoms in total. The molecule has 0 unspecified atom stereocenters. The maximum Gasteiger partial charge on any atom is 0.321 e. The number of β-amino-alcohol motifs (C(OH)–C–C–N with tert-alkyl or cyclic N) is 1. The molecule has 1 saturated carbocycles. The molecule has 0 aromatic rings. The Morgan fingerprint density at radius 2 is 2.11 bits per heavy atom. The first-order chi connectivity index (χ1) is 8.53. The van der Waals surface area contributed by atoms with Gasteiger partial charge >= 0.3 is 6.03 Å². The third kappa shape index (κ3) is 3.08. The third-order valence-corrected chi connectivity index (χ3v) is 3.36. The van der Waals surface area contributed by atoms with E-state index in [0.717, 1.165) is 12.8 Å². The van der Waals surface area contributed by atoms with Crippen LogP contribution in [0, 0.1) is 5.92 Å². The highest BCUT2D eigenvalue weighted by Crippen LogP contribution is 2.44. The molecule has 1 heterocycles. The Morgan fingerprint density at radius 3 is 2.67 bits per heavy atom. The lowest BCUT2D eigenvalue weighted by Gasteiger charge is -2.46. The summed E-state index contributed by atoms with van der Waals surface area (Å²) < 4.78 is 0. The van der Waals surface area contributed by atoms with E-state index in [1.807, 2.05) is 4.90 Å². The zero-order valence-corrected chi connectivity index (χ0v) is 10.3. The van der Waals surface area contributed by atoms with Crippen molar-refractivity contribution in [3.63, 3.8) is 0 Å². The van der Waals surface area contributed by atoms with Gasteiger partial charge < -0.3 is 10.4 Å². The monoisotopic (exact) mass is 253 g/mol. The Kier molecular flexibility index (Phi) is 3.68. The Labute approximate surface area is 106 Å². The molecule has 18 heavy (non-hydrogen) atoms. The van der Waals surface area contributed by atoms with E-state index < -0.39 is 11.6 Å². The van der Waals surface area contributed by atoms with Gasteiger partial charge in [0.25, 0.3) is 0 Å². The number of amides is 3. The van der Waals surface area contributed by atoms with Gasteiger partial charge in [-0.15, -0.1) is 6.58 Å². The van der Waals surface area contributed by atoms with Crippen molar-refractivity contribution in [3.05, 3.63) is 12.7 Å². The first-order valence-electron chi connectivity index (χ1n) is 6.17. The molecule has 0 radical (unpaired) electrons. The molecule has 2 fully saturated rings. The van der Waals surface area contributed by atoms with Gasteiger partial charge in [-0.25, -0.2) is 4.79 Å². The average Bonchev–Trinajstić information content (AvgIpc) is 3.07. The lowest BCUT2D eigenvalue weighted by atomic mass is 9.89. The van der Waals surface area contributed by atoms with Crippen LogP contribution in [0.15, 0.2) is 12.7 Å². The summed E-state index contributed by atoms with van der Waals surface area (Å²) >= 11 is 0. The van der Waals surface area contributed by atoms with Crippen LogP contribution in [0.25, 0.3) is 0 Å². The topological polar surface area (TPSA) is 81.7 Å². The van der Waals surface area contributed by atoms with Crippen molar-refractivity contribution in [3.8, 4) is 0 Å². The third-order valence-electron chi connectivity index (χ3n) is 3.36. The number of aliphatic hydroxyl groups is 1. The van der Waals surface area contributed by atoms with Gasteiger partial charge in [0.2, 0.25) is 5.91 Å². The van der Waals surface area contributed by atoms with Gasteiger partial charge in [-0.3, -0.25) is 15.0 Å². The molecular weight excluding hydrogens is 234 g/mol. The number of rotatable bonds is 5. The fourth-order valence-electron chi connectivity index (χ4n) is 2.30. The van der Waals surface area contributed by atoms with E-state index in [-0.39, 0.29) is 12.5 Å². The second-order valence-corrected chi connectivity index (χ2v) is 5.07. The molecule has 3 N–H and O–H groups in total. The summed E-state index contributed by atoms with van der Waals surface area (Å²) in [4.78, 5) is 24.5.